The molecule has 0 amide bonds. The van der Waals surface area contributed by atoms with Crippen LogP contribution in [0.15, 0.2) is 52.0 Å². The highest BCUT2D eigenvalue weighted by molar-refractivity contribution is 6.30. The van der Waals surface area contributed by atoms with Crippen molar-refractivity contribution >= 4 is 23.1 Å². The highest BCUT2D eigenvalue weighted by atomic mass is 35.5. The van der Waals surface area contributed by atoms with Gasteiger partial charge >= 0.3 is 0 Å². The minimum atomic E-state index is -0.115. The first-order valence-electron chi connectivity index (χ1n) is 7.88. The summed E-state index contributed by atoms with van der Waals surface area (Å²) >= 11 is 5.94. The van der Waals surface area contributed by atoms with E-state index in [-0.39, 0.29) is 5.56 Å². The van der Waals surface area contributed by atoms with Crippen LogP contribution >= 0.6 is 11.6 Å². The molecule has 1 fully saturated rings. The molecule has 3 aromatic heterocycles. The van der Waals surface area contributed by atoms with E-state index >= 15 is 0 Å². The van der Waals surface area contributed by atoms with E-state index in [0.717, 1.165) is 44.3 Å². The Hall–Kier alpha value is -2.31. The molecule has 0 atom stereocenters. The summed E-state index contributed by atoms with van der Waals surface area (Å²) < 4.78 is 6.87. The molecule has 124 valence electrons. The van der Waals surface area contributed by atoms with Crippen molar-refractivity contribution in [3.05, 3.63) is 63.9 Å². The first kappa shape index (κ1) is 15.2. The van der Waals surface area contributed by atoms with Gasteiger partial charge in [-0.05, 0) is 24.3 Å². The molecule has 3 aromatic rings. The number of pyridine rings is 1. The third-order valence-electron chi connectivity index (χ3n) is 4.27. The molecule has 1 aliphatic rings. The van der Waals surface area contributed by atoms with Gasteiger partial charge in [-0.2, -0.15) is 0 Å². The fraction of sp³-hybridized carbons (Fsp3) is 0.294. The second-order valence-electron chi connectivity index (χ2n) is 5.87. The standard InChI is InChI=1S/C17H17ClN4O2/c18-13-3-4-15-19-16(10-17(23)22(15)11-13)21-7-5-20(6-8-21)12-14-2-1-9-24-14/h1-4,9-11H,5-8,12H2. The Morgan fingerprint density at radius 1 is 1.17 bits per heavy atom. The van der Waals surface area contributed by atoms with E-state index < -0.39 is 0 Å². The average molecular weight is 345 g/mol. The first-order valence-corrected chi connectivity index (χ1v) is 8.25. The zero-order valence-corrected chi connectivity index (χ0v) is 13.8. The summed E-state index contributed by atoms with van der Waals surface area (Å²) in [6.07, 6.45) is 3.29. The van der Waals surface area contributed by atoms with Crippen molar-refractivity contribution in [3.63, 3.8) is 0 Å². The Balaban J connectivity index is 1.50. The summed E-state index contributed by atoms with van der Waals surface area (Å²) in [4.78, 5) is 21.4. The fourth-order valence-electron chi connectivity index (χ4n) is 2.98. The van der Waals surface area contributed by atoms with Gasteiger partial charge in [-0.15, -0.1) is 0 Å². The van der Waals surface area contributed by atoms with Gasteiger partial charge in [0.25, 0.3) is 5.56 Å². The van der Waals surface area contributed by atoms with E-state index in [0.29, 0.717) is 10.7 Å². The van der Waals surface area contributed by atoms with Gasteiger partial charge in [0, 0.05) is 38.4 Å². The topological polar surface area (TPSA) is 54.0 Å². The van der Waals surface area contributed by atoms with Gasteiger partial charge in [-0.25, -0.2) is 4.98 Å². The SMILES string of the molecule is O=c1cc(N2CCN(Cc3ccco3)CC2)nc2ccc(Cl)cn12. The number of piperazine rings is 1. The van der Waals surface area contributed by atoms with Crippen molar-refractivity contribution in [1.29, 1.82) is 0 Å². The van der Waals surface area contributed by atoms with E-state index in [1.807, 2.05) is 12.1 Å². The lowest BCUT2D eigenvalue weighted by Crippen LogP contribution is -2.46. The van der Waals surface area contributed by atoms with Crippen molar-refractivity contribution < 1.29 is 4.42 Å². The molecule has 0 aromatic carbocycles. The lowest BCUT2D eigenvalue weighted by Gasteiger charge is -2.34. The Kier molecular flexibility index (Phi) is 4.00. The summed E-state index contributed by atoms with van der Waals surface area (Å²) in [5, 5.41) is 0.519. The van der Waals surface area contributed by atoms with Gasteiger partial charge in [0.05, 0.1) is 17.8 Å². The molecule has 4 rings (SSSR count). The Morgan fingerprint density at radius 2 is 2.00 bits per heavy atom. The molecule has 1 aliphatic heterocycles. The van der Waals surface area contributed by atoms with Crippen LogP contribution in [0.2, 0.25) is 5.02 Å². The fourth-order valence-corrected chi connectivity index (χ4v) is 3.14. The molecule has 0 saturated carbocycles. The molecule has 0 spiro atoms. The predicted molar refractivity (Wildman–Crippen MR) is 92.7 cm³/mol. The van der Waals surface area contributed by atoms with Gasteiger partial charge in [-0.1, -0.05) is 11.6 Å². The number of aromatic nitrogens is 2. The number of halogens is 1. The molecule has 0 radical (unpaired) electrons. The third kappa shape index (κ3) is 3.02. The van der Waals surface area contributed by atoms with Gasteiger partial charge in [0.15, 0.2) is 0 Å². The number of rotatable bonds is 3. The molecule has 0 unspecified atom stereocenters. The second-order valence-corrected chi connectivity index (χ2v) is 6.31. The smallest absolute Gasteiger partial charge is 0.260 e. The normalized spacial score (nSPS) is 16.0. The zero-order chi connectivity index (χ0) is 16.5. The van der Waals surface area contributed by atoms with Gasteiger partial charge in [0.2, 0.25) is 0 Å². The van der Waals surface area contributed by atoms with Crippen LogP contribution in [0, 0.1) is 0 Å². The maximum atomic E-state index is 12.3. The summed E-state index contributed by atoms with van der Waals surface area (Å²) in [7, 11) is 0. The molecule has 0 bridgehead atoms. The van der Waals surface area contributed by atoms with Gasteiger partial charge < -0.3 is 9.32 Å². The lowest BCUT2D eigenvalue weighted by molar-refractivity contribution is 0.230. The van der Waals surface area contributed by atoms with E-state index in [1.165, 1.54) is 4.40 Å². The van der Waals surface area contributed by atoms with Crippen LogP contribution in [0.3, 0.4) is 0 Å². The van der Waals surface area contributed by atoms with E-state index in [4.69, 9.17) is 16.0 Å². The Labute approximate surface area is 143 Å². The first-order chi connectivity index (χ1) is 11.7. The molecule has 6 nitrogen and oxygen atoms in total. The minimum absolute atomic E-state index is 0.115. The number of hydrogen-bond donors (Lipinski definition) is 0. The maximum absolute atomic E-state index is 12.3. The molecular weight excluding hydrogens is 328 g/mol. The van der Waals surface area contributed by atoms with E-state index in [9.17, 15) is 4.79 Å². The van der Waals surface area contributed by atoms with Crippen molar-refractivity contribution in [2.75, 3.05) is 31.1 Å². The molecule has 1 saturated heterocycles. The number of anilines is 1. The van der Waals surface area contributed by atoms with Crippen LogP contribution in [0.5, 0.6) is 0 Å². The molecular formula is C17H17ClN4O2. The summed E-state index contributed by atoms with van der Waals surface area (Å²) in [5.74, 6) is 1.70. The molecule has 0 aliphatic carbocycles. The summed E-state index contributed by atoms with van der Waals surface area (Å²) in [6, 6.07) is 8.98. The summed E-state index contributed by atoms with van der Waals surface area (Å²) in [6.45, 7) is 4.28. The number of hydrogen-bond acceptors (Lipinski definition) is 5. The van der Waals surface area contributed by atoms with Crippen LogP contribution < -0.4 is 10.5 Å². The molecule has 24 heavy (non-hydrogen) atoms. The largest absolute Gasteiger partial charge is 0.468 e. The predicted octanol–water partition coefficient (Wildman–Crippen LogP) is 2.26. The molecule has 4 heterocycles. The highest BCUT2D eigenvalue weighted by Gasteiger charge is 2.19. The Morgan fingerprint density at radius 3 is 2.75 bits per heavy atom. The van der Waals surface area contributed by atoms with Crippen LogP contribution in [0.1, 0.15) is 5.76 Å². The van der Waals surface area contributed by atoms with E-state index in [2.05, 4.69) is 14.8 Å². The van der Waals surface area contributed by atoms with Crippen molar-refractivity contribution in [3.8, 4) is 0 Å². The monoisotopic (exact) mass is 344 g/mol. The van der Waals surface area contributed by atoms with Crippen molar-refractivity contribution in [1.82, 2.24) is 14.3 Å². The molecule has 0 N–H and O–H groups in total. The van der Waals surface area contributed by atoms with Crippen LogP contribution in [0.4, 0.5) is 5.82 Å². The third-order valence-corrected chi connectivity index (χ3v) is 4.49. The number of furan rings is 1. The van der Waals surface area contributed by atoms with Crippen molar-refractivity contribution in [2.24, 2.45) is 0 Å². The van der Waals surface area contributed by atoms with Gasteiger partial charge in [-0.3, -0.25) is 14.1 Å². The minimum Gasteiger partial charge on any atom is -0.468 e. The molecule has 7 heteroatoms. The average Bonchev–Trinajstić information content (AvgIpc) is 3.09. The van der Waals surface area contributed by atoms with Crippen LogP contribution in [-0.2, 0) is 6.54 Å². The van der Waals surface area contributed by atoms with Crippen molar-refractivity contribution in [2.45, 2.75) is 6.54 Å². The quantitative estimate of drug-likeness (QED) is 0.729. The number of fused-ring (bicyclic) bond motifs is 1. The van der Waals surface area contributed by atoms with E-state index in [1.54, 1.807) is 30.7 Å². The summed E-state index contributed by atoms with van der Waals surface area (Å²) in [5.41, 5.74) is 0.496. The Bertz CT molecular complexity index is 899. The number of nitrogens with zero attached hydrogens (tertiary/aromatic N) is 4. The van der Waals surface area contributed by atoms with Gasteiger partial charge in [0.1, 0.15) is 17.2 Å². The zero-order valence-electron chi connectivity index (χ0n) is 13.1. The maximum Gasteiger partial charge on any atom is 0.260 e. The second kappa shape index (κ2) is 6.30. The van der Waals surface area contributed by atoms with Crippen LogP contribution in [0.25, 0.3) is 5.65 Å². The van der Waals surface area contributed by atoms with Crippen LogP contribution in [-0.4, -0.2) is 40.5 Å². The lowest BCUT2D eigenvalue weighted by atomic mass is 10.3. The highest BCUT2D eigenvalue weighted by Crippen LogP contribution is 2.16.